The maximum Gasteiger partial charge on any atom is 0.369 e. The third kappa shape index (κ3) is 2.36. The molecule has 0 aromatic carbocycles. The van der Waals surface area contributed by atoms with Crippen molar-refractivity contribution in [1.29, 1.82) is 0 Å². The highest BCUT2D eigenvalue weighted by Gasteiger charge is 2.37. The summed E-state index contributed by atoms with van der Waals surface area (Å²) in [6, 6.07) is 0. The molecule has 0 N–H and O–H groups in total. The highest BCUT2D eigenvalue weighted by atomic mass is 19.3. The molecule has 1 heterocycles. The predicted octanol–water partition coefficient (Wildman–Crippen LogP) is 0.388. The van der Waals surface area contributed by atoms with Gasteiger partial charge in [-0.1, -0.05) is 0 Å². The number of nitrogens with zero attached hydrogens (tertiary/aromatic N) is 2. The van der Waals surface area contributed by atoms with Crippen molar-refractivity contribution in [1.82, 2.24) is 10.0 Å². The van der Waals surface area contributed by atoms with E-state index in [2.05, 4.69) is 4.74 Å². The lowest BCUT2D eigenvalue weighted by Gasteiger charge is -2.35. The number of halogens is 2. The van der Waals surface area contributed by atoms with E-state index in [1.807, 2.05) is 0 Å². The molecule has 0 radical (unpaired) electrons. The molecule has 0 aromatic heterocycles. The standard InChI is InChI=1S/C6H12F2N2O/c1-9(2)10-3-4-11-6(7,8)5-10/h3-5H2,1-2H3. The second kappa shape index (κ2) is 3.00. The van der Waals surface area contributed by atoms with Crippen LogP contribution in [-0.2, 0) is 4.74 Å². The molecular weight excluding hydrogens is 154 g/mol. The van der Waals surface area contributed by atoms with E-state index >= 15 is 0 Å². The molecule has 0 spiro atoms. The Kier molecular flexibility index (Phi) is 2.41. The highest BCUT2D eigenvalue weighted by Crippen LogP contribution is 2.20. The molecule has 1 rings (SSSR count). The summed E-state index contributed by atoms with van der Waals surface area (Å²) in [4.78, 5) is 0. The Bertz CT molecular complexity index is 141. The number of hydrazine groups is 1. The molecule has 3 nitrogen and oxygen atoms in total. The van der Waals surface area contributed by atoms with Crippen molar-refractivity contribution in [2.45, 2.75) is 6.11 Å². The van der Waals surface area contributed by atoms with E-state index in [1.165, 1.54) is 0 Å². The van der Waals surface area contributed by atoms with Gasteiger partial charge in [0.15, 0.2) is 0 Å². The van der Waals surface area contributed by atoms with Crippen molar-refractivity contribution in [3.8, 4) is 0 Å². The van der Waals surface area contributed by atoms with Crippen LogP contribution in [0.15, 0.2) is 0 Å². The first-order valence-electron chi connectivity index (χ1n) is 3.45. The van der Waals surface area contributed by atoms with Gasteiger partial charge < -0.3 is 4.74 Å². The van der Waals surface area contributed by atoms with Crippen molar-refractivity contribution in [2.75, 3.05) is 33.8 Å². The van der Waals surface area contributed by atoms with E-state index in [-0.39, 0.29) is 13.2 Å². The van der Waals surface area contributed by atoms with Crippen LogP contribution in [0.1, 0.15) is 0 Å². The van der Waals surface area contributed by atoms with Crippen molar-refractivity contribution in [3.63, 3.8) is 0 Å². The zero-order valence-corrected chi connectivity index (χ0v) is 6.68. The topological polar surface area (TPSA) is 15.7 Å². The normalized spacial score (nSPS) is 25.9. The summed E-state index contributed by atoms with van der Waals surface area (Å²) in [5.74, 6) is 0. The predicted molar refractivity (Wildman–Crippen MR) is 36.2 cm³/mol. The average molecular weight is 166 g/mol. The molecular formula is C6H12F2N2O. The minimum atomic E-state index is -2.98. The third-order valence-corrected chi connectivity index (χ3v) is 1.59. The second-order valence-electron chi connectivity index (χ2n) is 2.72. The minimum absolute atomic E-state index is 0.0885. The van der Waals surface area contributed by atoms with Gasteiger partial charge >= 0.3 is 6.11 Å². The van der Waals surface area contributed by atoms with Gasteiger partial charge in [0.1, 0.15) is 6.54 Å². The molecule has 66 valence electrons. The fourth-order valence-electron chi connectivity index (χ4n) is 0.979. The summed E-state index contributed by atoms with van der Waals surface area (Å²) in [6.07, 6.45) is -2.98. The van der Waals surface area contributed by atoms with Crippen molar-refractivity contribution in [3.05, 3.63) is 0 Å². The molecule has 1 aliphatic rings. The van der Waals surface area contributed by atoms with Gasteiger partial charge in [-0.2, -0.15) is 8.78 Å². The van der Waals surface area contributed by atoms with Gasteiger partial charge in [0.2, 0.25) is 0 Å². The Morgan fingerprint density at radius 3 is 2.45 bits per heavy atom. The number of ether oxygens (including phenoxy) is 1. The summed E-state index contributed by atoms with van der Waals surface area (Å²) < 4.78 is 29.3. The Morgan fingerprint density at radius 2 is 2.09 bits per heavy atom. The maximum atomic E-state index is 12.5. The van der Waals surface area contributed by atoms with Crippen molar-refractivity contribution in [2.24, 2.45) is 0 Å². The fraction of sp³-hybridized carbons (Fsp3) is 1.00. The van der Waals surface area contributed by atoms with Gasteiger partial charge in [-0.25, -0.2) is 10.0 Å². The van der Waals surface area contributed by atoms with Gasteiger partial charge in [0, 0.05) is 20.6 Å². The van der Waals surface area contributed by atoms with Gasteiger partial charge in [-0.3, -0.25) is 0 Å². The van der Waals surface area contributed by atoms with Gasteiger partial charge in [-0.05, 0) is 0 Å². The molecule has 0 aromatic rings. The van der Waals surface area contributed by atoms with Crippen LogP contribution in [0.4, 0.5) is 8.78 Å². The lowest BCUT2D eigenvalue weighted by Crippen LogP contribution is -2.51. The van der Waals surface area contributed by atoms with E-state index in [4.69, 9.17) is 0 Å². The molecule has 0 bridgehead atoms. The summed E-state index contributed by atoms with van der Waals surface area (Å²) in [5, 5.41) is 3.19. The third-order valence-electron chi connectivity index (χ3n) is 1.59. The van der Waals surface area contributed by atoms with E-state index in [1.54, 1.807) is 24.1 Å². The molecule has 0 aliphatic carbocycles. The molecule has 11 heavy (non-hydrogen) atoms. The van der Waals surface area contributed by atoms with Gasteiger partial charge in [-0.15, -0.1) is 0 Å². The molecule has 5 heteroatoms. The van der Waals surface area contributed by atoms with E-state index < -0.39 is 6.11 Å². The number of hydrogen-bond acceptors (Lipinski definition) is 3. The minimum Gasteiger partial charge on any atom is -0.318 e. The van der Waals surface area contributed by atoms with Crippen LogP contribution in [0, 0.1) is 0 Å². The number of morpholine rings is 1. The first kappa shape index (κ1) is 8.83. The monoisotopic (exact) mass is 166 g/mol. The Balaban J connectivity index is 2.46. The fourth-order valence-corrected chi connectivity index (χ4v) is 0.979. The number of alkyl halides is 2. The van der Waals surface area contributed by atoms with Crippen LogP contribution in [0.2, 0.25) is 0 Å². The molecule has 0 unspecified atom stereocenters. The lowest BCUT2D eigenvalue weighted by molar-refractivity contribution is -0.290. The first-order valence-corrected chi connectivity index (χ1v) is 3.45. The number of hydrogen-bond donors (Lipinski definition) is 0. The largest absolute Gasteiger partial charge is 0.369 e. The molecule has 1 fully saturated rings. The molecule has 1 aliphatic heterocycles. The quantitative estimate of drug-likeness (QED) is 0.560. The smallest absolute Gasteiger partial charge is 0.318 e. The van der Waals surface area contributed by atoms with Crippen LogP contribution in [0.3, 0.4) is 0 Å². The maximum absolute atomic E-state index is 12.5. The summed E-state index contributed by atoms with van der Waals surface area (Å²) in [7, 11) is 3.48. The van der Waals surface area contributed by atoms with Crippen LogP contribution >= 0.6 is 0 Å². The lowest BCUT2D eigenvalue weighted by atomic mass is 10.4. The SMILES string of the molecule is CN(C)N1CCOC(F)(F)C1. The van der Waals surface area contributed by atoms with Gasteiger partial charge in [0.05, 0.1) is 6.61 Å². The Labute approximate surface area is 64.5 Å². The van der Waals surface area contributed by atoms with Gasteiger partial charge in [0.25, 0.3) is 0 Å². The molecule has 0 saturated carbocycles. The van der Waals surface area contributed by atoms with E-state index in [0.717, 1.165) is 0 Å². The Hall–Kier alpha value is -0.260. The van der Waals surface area contributed by atoms with Crippen molar-refractivity contribution < 1.29 is 13.5 Å². The molecule has 1 saturated heterocycles. The first-order chi connectivity index (χ1) is 5.01. The van der Waals surface area contributed by atoms with Crippen LogP contribution in [0.5, 0.6) is 0 Å². The average Bonchev–Trinajstić information content (AvgIpc) is 1.85. The van der Waals surface area contributed by atoms with Crippen LogP contribution < -0.4 is 0 Å². The van der Waals surface area contributed by atoms with Crippen LogP contribution in [0.25, 0.3) is 0 Å². The summed E-state index contributed by atoms with van der Waals surface area (Å²) in [5.41, 5.74) is 0. The van der Waals surface area contributed by atoms with Crippen LogP contribution in [-0.4, -0.2) is 49.9 Å². The molecule has 0 amide bonds. The zero-order chi connectivity index (χ0) is 8.48. The zero-order valence-electron chi connectivity index (χ0n) is 6.68. The summed E-state index contributed by atoms with van der Waals surface area (Å²) >= 11 is 0. The summed E-state index contributed by atoms with van der Waals surface area (Å²) in [6.45, 7) is 0.272. The van der Waals surface area contributed by atoms with E-state index in [0.29, 0.717) is 6.54 Å². The molecule has 0 atom stereocenters. The second-order valence-corrected chi connectivity index (χ2v) is 2.72. The number of rotatable bonds is 1. The highest BCUT2D eigenvalue weighted by molar-refractivity contribution is 4.65. The Morgan fingerprint density at radius 1 is 1.45 bits per heavy atom. The van der Waals surface area contributed by atoms with Crippen molar-refractivity contribution >= 4 is 0 Å². The van der Waals surface area contributed by atoms with E-state index in [9.17, 15) is 8.78 Å².